The second kappa shape index (κ2) is 7.81. The minimum Gasteiger partial charge on any atom is -0.256 e. The van der Waals surface area contributed by atoms with Crippen molar-refractivity contribution in [2.45, 2.75) is 18.2 Å². The molecule has 0 aliphatic heterocycles. The Hall–Kier alpha value is -2.50. The molecule has 3 rings (SSSR count). The van der Waals surface area contributed by atoms with Crippen LogP contribution in [-0.2, 0) is 16.4 Å². The molecule has 4 nitrogen and oxygen atoms in total. The number of aromatic nitrogens is 1. The summed E-state index contributed by atoms with van der Waals surface area (Å²) in [6.45, 7) is 6.32. The lowest BCUT2D eigenvalue weighted by molar-refractivity contribution is 0.446. The van der Waals surface area contributed by atoms with Crippen molar-refractivity contribution in [3.05, 3.63) is 84.6 Å². The van der Waals surface area contributed by atoms with E-state index in [1.165, 1.54) is 4.31 Å². The summed E-state index contributed by atoms with van der Waals surface area (Å²) in [6.07, 6.45) is 3.95. The molecular weight excluding hydrogens is 344 g/mol. The van der Waals surface area contributed by atoms with Crippen LogP contribution in [0.1, 0.15) is 11.1 Å². The summed E-state index contributed by atoms with van der Waals surface area (Å²) in [4.78, 5) is 4.64. The van der Waals surface area contributed by atoms with Crippen LogP contribution < -0.4 is 0 Å². The summed E-state index contributed by atoms with van der Waals surface area (Å²) in [5.41, 5.74) is 2.78. The maximum Gasteiger partial charge on any atom is 0.244 e. The number of fused-ring (bicyclic) bond motifs is 1. The van der Waals surface area contributed by atoms with E-state index in [2.05, 4.69) is 11.6 Å². The van der Waals surface area contributed by atoms with Gasteiger partial charge in [0.2, 0.25) is 10.0 Å². The fourth-order valence-corrected chi connectivity index (χ4v) is 4.60. The zero-order chi connectivity index (χ0) is 18.6. The van der Waals surface area contributed by atoms with Crippen LogP contribution in [0.15, 0.2) is 78.3 Å². The first-order valence-corrected chi connectivity index (χ1v) is 9.97. The molecule has 2 aromatic carbocycles. The Labute approximate surface area is 154 Å². The first-order chi connectivity index (χ1) is 12.5. The molecule has 0 bridgehead atoms. The first-order valence-electron chi connectivity index (χ1n) is 8.53. The van der Waals surface area contributed by atoms with Crippen molar-refractivity contribution in [1.82, 2.24) is 9.29 Å². The molecule has 26 heavy (non-hydrogen) atoms. The number of nitrogens with zero attached hydrogens (tertiary/aromatic N) is 2. The molecular formula is C21H22N2O2S. The average molecular weight is 366 g/mol. The number of rotatable bonds is 7. The summed E-state index contributed by atoms with van der Waals surface area (Å²) in [5.74, 6) is 0. The first kappa shape index (κ1) is 18.3. The Morgan fingerprint density at radius 1 is 1.08 bits per heavy atom. The zero-order valence-corrected chi connectivity index (χ0v) is 15.6. The summed E-state index contributed by atoms with van der Waals surface area (Å²) in [7, 11) is -3.65. The van der Waals surface area contributed by atoms with E-state index < -0.39 is 10.0 Å². The van der Waals surface area contributed by atoms with Crippen LogP contribution in [-0.4, -0.2) is 30.8 Å². The van der Waals surface area contributed by atoms with Crippen LogP contribution in [0.2, 0.25) is 0 Å². The van der Waals surface area contributed by atoms with Gasteiger partial charge in [-0.15, -0.1) is 6.58 Å². The molecule has 3 aromatic rings. The molecule has 0 fully saturated rings. The van der Waals surface area contributed by atoms with Crippen LogP contribution in [0.3, 0.4) is 0 Å². The molecule has 0 aliphatic carbocycles. The molecule has 0 aliphatic rings. The third-order valence-corrected chi connectivity index (χ3v) is 6.30. The number of hydrogen-bond donors (Lipinski definition) is 0. The summed E-state index contributed by atoms with van der Waals surface area (Å²) in [5, 5.41) is 0.654. The van der Waals surface area contributed by atoms with E-state index in [4.69, 9.17) is 0 Å². The lowest BCUT2D eigenvalue weighted by atomic mass is 10.1. The highest BCUT2D eigenvalue weighted by Crippen LogP contribution is 2.27. The molecule has 1 heterocycles. The third kappa shape index (κ3) is 3.69. The Bertz CT molecular complexity index is 1010. The monoisotopic (exact) mass is 366 g/mol. The molecule has 5 heteroatoms. The molecule has 134 valence electrons. The minimum absolute atomic E-state index is 0.269. The maximum atomic E-state index is 13.3. The quantitative estimate of drug-likeness (QED) is 0.595. The van der Waals surface area contributed by atoms with Gasteiger partial charge in [0.25, 0.3) is 0 Å². The highest BCUT2D eigenvalue weighted by atomic mass is 32.2. The van der Waals surface area contributed by atoms with Gasteiger partial charge in [0.05, 0.1) is 10.4 Å². The van der Waals surface area contributed by atoms with Crippen LogP contribution >= 0.6 is 0 Å². The Morgan fingerprint density at radius 3 is 2.58 bits per heavy atom. The summed E-state index contributed by atoms with van der Waals surface area (Å²) >= 11 is 0. The molecule has 0 atom stereocenters. The Morgan fingerprint density at radius 2 is 1.85 bits per heavy atom. The largest absolute Gasteiger partial charge is 0.256 e. The van der Waals surface area contributed by atoms with E-state index in [0.717, 1.165) is 16.6 Å². The molecule has 1 aromatic heterocycles. The van der Waals surface area contributed by atoms with Gasteiger partial charge >= 0.3 is 0 Å². The Balaban J connectivity index is 1.98. The number of pyridine rings is 1. The molecule has 0 unspecified atom stereocenters. The van der Waals surface area contributed by atoms with Gasteiger partial charge < -0.3 is 0 Å². The van der Waals surface area contributed by atoms with E-state index in [9.17, 15) is 8.42 Å². The molecule has 0 radical (unpaired) electrons. The molecule has 0 amide bonds. The van der Waals surface area contributed by atoms with E-state index in [0.29, 0.717) is 23.2 Å². The number of sulfonamides is 1. The van der Waals surface area contributed by atoms with Crippen LogP contribution in [0.5, 0.6) is 0 Å². The Kier molecular flexibility index (Phi) is 5.49. The number of benzene rings is 2. The fraction of sp³-hybridized carbons (Fsp3) is 0.190. The van der Waals surface area contributed by atoms with E-state index in [1.54, 1.807) is 24.4 Å². The van der Waals surface area contributed by atoms with Crippen LogP contribution in [0, 0.1) is 6.92 Å². The summed E-state index contributed by atoms with van der Waals surface area (Å²) in [6, 6.07) is 16.9. The van der Waals surface area contributed by atoms with Crippen molar-refractivity contribution in [2.24, 2.45) is 0 Å². The second-order valence-corrected chi connectivity index (χ2v) is 8.07. The standard InChI is InChI=1S/C21H22N2O2S/c1-3-15-23(16-13-18-8-5-4-6-9-18)26(24,25)20-12-11-17(2)21-19(20)10-7-14-22-21/h3-12,14H,1,13,15-16H2,2H3. The second-order valence-electron chi connectivity index (χ2n) is 6.17. The molecule has 0 saturated heterocycles. The van der Waals surface area contributed by atoms with E-state index in [-0.39, 0.29) is 6.54 Å². The predicted molar refractivity (Wildman–Crippen MR) is 106 cm³/mol. The van der Waals surface area contributed by atoms with Gasteiger partial charge in [0.1, 0.15) is 0 Å². The van der Waals surface area contributed by atoms with Crippen molar-refractivity contribution < 1.29 is 8.42 Å². The van der Waals surface area contributed by atoms with Crippen molar-refractivity contribution in [2.75, 3.05) is 13.1 Å². The highest BCUT2D eigenvalue weighted by Gasteiger charge is 2.25. The van der Waals surface area contributed by atoms with E-state index in [1.807, 2.05) is 49.4 Å². The van der Waals surface area contributed by atoms with Gasteiger partial charge in [-0.1, -0.05) is 42.5 Å². The van der Waals surface area contributed by atoms with Gasteiger partial charge in [-0.25, -0.2) is 8.42 Å². The maximum absolute atomic E-state index is 13.3. The topological polar surface area (TPSA) is 50.3 Å². The third-order valence-electron chi connectivity index (χ3n) is 4.37. The van der Waals surface area contributed by atoms with Crippen molar-refractivity contribution in [1.29, 1.82) is 0 Å². The predicted octanol–water partition coefficient (Wildman–Crippen LogP) is 3.96. The molecule has 0 saturated carbocycles. The normalized spacial score (nSPS) is 11.8. The summed E-state index contributed by atoms with van der Waals surface area (Å²) < 4.78 is 28.1. The SMILES string of the molecule is C=CCN(CCc1ccccc1)S(=O)(=O)c1ccc(C)c2ncccc12. The van der Waals surface area contributed by atoms with Crippen molar-refractivity contribution in [3.63, 3.8) is 0 Å². The molecule has 0 spiro atoms. The van der Waals surface area contributed by atoms with Crippen LogP contribution in [0.4, 0.5) is 0 Å². The minimum atomic E-state index is -3.65. The fourth-order valence-electron chi connectivity index (χ4n) is 3.00. The van der Waals surface area contributed by atoms with E-state index >= 15 is 0 Å². The lowest BCUT2D eigenvalue weighted by Crippen LogP contribution is -2.33. The highest BCUT2D eigenvalue weighted by molar-refractivity contribution is 7.89. The smallest absolute Gasteiger partial charge is 0.244 e. The van der Waals surface area contributed by atoms with Crippen molar-refractivity contribution >= 4 is 20.9 Å². The average Bonchev–Trinajstić information content (AvgIpc) is 2.66. The zero-order valence-electron chi connectivity index (χ0n) is 14.8. The van der Waals surface area contributed by atoms with Gasteiger partial charge in [0, 0.05) is 24.7 Å². The number of hydrogen-bond acceptors (Lipinski definition) is 3. The van der Waals surface area contributed by atoms with Gasteiger partial charge in [-0.2, -0.15) is 4.31 Å². The van der Waals surface area contributed by atoms with Crippen LogP contribution in [0.25, 0.3) is 10.9 Å². The van der Waals surface area contributed by atoms with Gasteiger partial charge in [-0.3, -0.25) is 4.98 Å². The lowest BCUT2D eigenvalue weighted by Gasteiger charge is -2.22. The van der Waals surface area contributed by atoms with Crippen molar-refractivity contribution in [3.8, 4) is 0 Å². The number of aryl methyl sites for hydroxylation is 1. The van der Waals surface area contributed by atoms with Gasteiger partial charge in [0.15, 0.2) is 0 Å². The molecule has 0 N–H and O–H groups in total. The van der Waals surface area contributed by atoms with Gasteiger partial charge in [-0.05, 0) is 42.7 Å².